The van der Waals surface area contributed by atoms with Gasteiger partial charge in [-0.25, -0.2) is 4.79 Å². The number of aromatic carboxylic acids is 1. The van der Waals surface area contributed by atoms with E-state index in [1.54, 1.807) is 6.07 Å². The second kappa shape index (κ2) is 4.40. The van der Waals surface area contributed by atoms with Gasteiger partial charge in [0.2, 0.25) is 0 Å². The summed E-state index contributed by atoms with van der Waals surface area (Å²) in [4.78, 5) is 13.2. The summed E-state index contributed by atoms with van der Waals surface area (Å²) in [5.74, 6) is -0.0496. The van der Waals surface area contributed by atoms with Crippen LogP contribution in [0, 0.1) is 12.8 Å². The van der Waals surface area contributed by atoms with Gasteiger partial charge in [0.15, 0.2) is 0 Å². The highest BCUT2D eigenvalue weighted by molar-refractivity contribution is 5.89. The van der Waals surface area contributed by atoms with E-state index in [-0.39, 0.29) is 0 Å². The fraction of sp³-hybridized carbons (Fsp3) is 0.500. The molecule has 3 nitrogen and oxygen atoms in total. The number of carboxylic acids is 1. The fourth-order valence-corrected chi connectivity index (χ4v) is 2.24. The van der Waals surface area contributed by atoms with Crippen LogP contribution in [0.2, 0.25) is 0 Å². The molecule has 1 aliphatic rings. The molecule has 0 heterocycles. The van der Waals surface area contributed by atoms with E-state index in [1.165, 1.54) is 12.8 Å². The monoisotopic (exact) mass is 233 g/mol. The smallest absolute Gasteiger partial charge is 0.335 e. The molecule has 1 saturated carbocycles. The predicted octanol–water partition coefficient (Wildman–Crippen LogP) is 2.93. The Morgan fingerprint density at radius 2 is 2.12 bits per heavy atom. The Bertz CT molecular complexity index is 438. The number of nitrogens with zero attached hydrogens (tertiary/aromatic N) is 1. The summed E-state index contributed by atoms with van der Waals surface area (Å²) in [6, 6.07) is 6.09. The van der Waals surface area contributed by atoms with E-state index in [0.717, 1.165) is 17.2 Å². The molecule has 1 aliphatic carbocycles. The van der Waals surface area contributed by atoms with Gasteiger partial charge in [-0.15, -0.1) is 0 Å². The molecule has 1 atom stereocenters. The molecular weight excluding hydrogens is 214 g/mol. The van der Waals surface area contributed by atoms with Crippen molar-refractivity contribution >= 4 is 11.7 Å². The van der Waals surface area contributed by atoms with Crippen LogP contribution in [0.25, 0.3) is 0 Å². The quantitative estimate of drug-likeness (QED) is 0.869. The van der Waals surface area contributed by atoms with E-state index in [0.29, 0.717) is 11.6 Å². The van der Waals surface area contributed by atoms with Crippen LogP contribution in [0.1, 0.15) is 35.7 Å². The standard InChI is InChI=1S/C14H19NO2/c1-9-8-12(6-7-13(9)14(16)17)15(3)10(2)11-4-5-11/h6-8,10-11H,4-5H2,1-3H3,(H,16,17). The average molecular weight is 233 g/mol. The van der Waals surface area contributed by atoms with Gasteiger partial charge < -0.3 is 10.0 Å². The second-order valence-corrected chi connectivity index (χ2v) is 4.99. The molecule has 0 amide bonds. The first-order chi connectivity index (χ1) is 8.00. The first-order valence-electron chi connectivity index (χ1n) is 6.07. The van der Waals surface area contributed by atoms with Gasteiger partial charge in [0.1, 0.15) is 0 Å². The van der Waals surface area contributed by atoms with Crippen molar-refractivity contribution in [1.29, 1.82) is 0 Å². The Morgan fingerprint density at radius 3 is 2.59 bits per heavy atom. The first-order valence-corrected chi connectivity index (χ1v) is 6.07. The molecule has 0 aromatic heterocycles. The van der Waals surface area contributed by atoms with Crippen LogP contribution in [0.15, 0.2) is 18.2 Å². The summed E-state index contributed by atoms with van der Waals surface area (Å²) < 4.78 is 0. The lowest BCUT2D eigenvalue weighted by Gasteiger charge is -2.27. The van der Waals surface area contributed by atoms with Crippen molar-refractivity contribution in [3.63, 3.8) is 0 Å². The molecule has 0 aliphatic heterocycles. The van der Waals surface area contributed by atoms with Crippen molar-refractivity contribution in [3.8, 4) is 0 Å². The fourth-order valence-electron chi connectivity index (χ4n) is 2.24. The molecule has 1 fully saturated rings. The molecule has 0 bridgehead atoms. The van der Waals surface area contributed by atoms with Gasteiger partial charge in [0.05, 0.1) is 5.56 Å². The number of carboxylic acid groups (broad SMARTS) is 1. The minimum atomic E-state index is -0.855. The molecule has 0 saturated heterocycles. The molecule has 3 heteroatoms. The van der Waals surface area contributed by atoms with Gasteiger partial charge >= 0.3 is 5.97 Å². The lowest BCUT2D eigenvalue weighted by atomic mass is 10.1. The first kappa shape index (κ1) is 12.0. The number of benzene rings is 1. The van der Waals surface area contributed by atoms with Crippen molar-refractivity contribution < 1.29 is 9.90 Å². The zero-order valence-electron chi connectivity index (χ0n) is 10.6. The lowest BCUT2D eigenvalue weighted by Crippen LogP contribution is -2.30. The van der Waals surface area contributed by atoms with E-state index in [9.17, 15) is 4.79 Å². The van der Waals surface area contributed by atoms with Crippen molar-refractivity contribution in [2.24, 2.45) is 5.92 Å². The third-order valence-electron chi connectivity index (χ3n) is 3.76. The molecule has 17 heavy (non-hydrogen) atoms. The highest BCUT2D eigenvalue weighted by Crippen LogP contribution is 2.36. The van der Waals surface area contributed by atoms with Gasteiger partial charge in [-0.05, 0) is 56.4 Å². The molecule has 0 spiro atoms. The maximum Gasteiger partial charge on any atom is 0.335 e. The van der Waals surface area contributed by atoms with Crippen LogP contribution in [0.4, 0.5) is 5.69 Å². The van der Waals surface area contributed by atoms with Gasteiger partial charge in [0, 0.05) is 18.8 Å². The third-order valence-corrected chi connectivity index (χ3v) is 3.76. The van der Waals surface area contributed by atoms with E-state index >= 15 is 0 Å². The Balaban J connectivity index is 2.21. The number of carbonyl (C=O) groups is 1. The van der Waals surface area contributed by atoms with Crippen molar-refractivity contribution in [3.05, 3.63) is 29.3 Å². The largest absolute Gasteiger partial charge is 0.478 e. The Kier molecular flexibility index (Phi) is 3.09. The van der Waals surface area contributed by atoms with Crippen molar-refractivity contribution in [1.82, 2.24) is 0 Å². The summed E-state index contributed by atoms with van der Waals surface area (Å²) in [5.41, 5.74) is 2.32. The van der Waals surface area contributed by atoms with Crippen molar-refractivity contribution in [2.45, 2.75) is 32.7 Å². The SMILES string of the molecule is Cc1cc(N(C)C(C)C2CC2)ccc1C(=O)O. The van der Waals surface area contributed by atoms with E-state index in [4.69, 9.17) is 5.11 Å². The molecule has 1 aromatic rings. The summed E-state index contributed by atoms with van der Waals surface area (Å²) in [6.45, 7) is 4.08. The lowest BCUT2D eigenvalue weighted by molar-refractivity contribution is 0.0696. The van der Waals surface area contributed by atoms with E-state index < -0.39 is 5.97 Å². The van der Waals surface area contributed by atoms with Gasteiger partial charge in [-0.2, -0.15) is 0 Å². The van der Waals surface area contributed by atoms with Crippen LogP contribution in [-0.4, -0.2) is 24.2 Å². The summed E-state index contributed by atoms with van der Waals surface area (Å²) in [6.07, 6.45) is 2.63. The number of hydrogen-bond acceptors (Lipinski definition) is 2. The number of hydrogen-bond donors (Lipinski definition) is 1. The normalized spacial score (nSPS) is 16.6. The minimum Gasteiger partial charge on any atom is -0.478 e. The number of aryl methyl sites for hydroxylation is 1. The average Bonchev–Trinajstić information content (AvgIpc) is 3.10. The van der Waals surface area contributed by atoms with Gasteiger partial charge in [0.25, 0.3) is 0 Å². The molecule has 2 rings (SSSR count). The Hall–Kier alpha value is -1.51. The zero-order chi connectivity index (χ0) is 12.6. The topological polar surface area (TPSA) is 40.5 Å². The van der Waals surface area contributed by atoms with Crippen LogP contribution in [-0.2, 0) is 0 Å². The molecular formula is C14H19NO2. The Morgan fingerprint density at radius 1 is 1.47 bits per heavy atom. The molecule has 0 radical (unpaired) electrons. The molecule has 1 aromatic carbocycles. The maximum absolute atomic E-state index is 10.9. The van der Waals surface area contributed by atoms with Crippen LogP contribution in [0.5, 0.6) is 0 Å². The summed E-state index contributed by atoms with van der Waals surface area (Å²) >= 11 is 0. The summed E-state index contributed by atoms with van der Waals surface area (Å²) in [7, 11) is 2.08. The molecule has 1 N–H and O–H groups in total. The van der Waals surface area contributed by atoms with Crippen LogP contribution >= 0.6 is 0 Å². The maximum atomic E-state index is 10.9. The second-order valence-electron chi connectivity index (χ2n) is 4.99. The van der Waals surface area contributed by atoms with Gasteiger partial charge in [-0.3, -0.25) is 0 Å². The van der Waals surface area contributed by atoms with E-state index in [1.807, 2.05) is 19.1 Å². The Labute approximate surface area is 102 Å². The minimum absolute atomic E-state index is 0.390. The summed E-state index contributed by atoms with van der Waals surface area (Å²) in [5, 5.41) is 8.99. The van der Waals surface area contributed by atoms with Gasteiger partial charge in [-0.1, -0.05) is 0 Å². The predicted molar refractivity (Wildman–Crippen MR) is 68.7 cm³/mol. The van der Waals surface area contributed by atoms with E-state index in [2.05, 4.69) is 18.9 Å². The highest BCUT2D eigenvalue weighted by Gasteiger charge is 2.30. The molecule has 92 valence electrons. The third kappa shape index (κ3) is 2.43. The highest BCUT2D eigenvalue weighted by atomic mass is 16.4. The number of rotatable bonds is 4. The number of anilines is 1. The van der Waals surface area contributed by atoms with Crippen molar-refractivity contribution in [2.75, 3.05) is 11.9 Å². The zero-order valence-corrected chi connectivity index (χ0v) is 10.6. The molecule has 1 unspecified atom stereocenters. The van der Waals surface area contributed by atoms with Crippen LogP contribution < -0.4 is 4.90 Å². The van der Waals surface area contributed by atoms with Crippen LogP contribution in [0.3, 0.4) is 0 Å².